The van der Waals surface area contributed by atoms with Crippen molar-refractivity contribution in [2.75, 3.05) is 38.7 Å². The van der Waals surface area contributed by atoms with Gasteiger partial charge < -0.3 is 24.4 Å². The fourth-order valence-corrected chi connectivity index (χ4v) is 5.53. The van der Waals surface area contributed by atoms with E-state index in [2.05, 4.69) is 5.32 Å². The van der Waals surface area contributed by atoms with Crippen LogP contribution in [-0.2, 0) is 26.2 Å². The summed E-state index contributed by atoms with van der Waals surface area (Å²) in [4.78, 5) is 28.1. The van der Waals surface area contributed by atoms with E-state index in [0.717, 1.165) is 4.31 Å². The van der Waals surface area contributed by atoms with E-state index < -0.39 is 28.5 Å². The second kappa shape index (κ2) is 13.7. The molecule has 0 unspecified atom stereocenters. The third-order valence-corrected chi connectivity index (χ3v) is 8.06. The first kappa shape index (κ1) is 30.3. The first-order valence-corrected chi connectivity index (χ1v) is 14.1. The summed E-state index contributed by atoms with van der Waals surface area (Å²) in [5.74, 6) is 0.358. The van der Waals surface area contributed by atoms with E-state index in [9.17, 15) is 18.0 Å². The molecule has 11 heteroatoms. The van der Waals surface area contributed by atoms with Crippen molar-refractivity contribution in [1.82, 2.24) is 10.2 Å². The molecule has 0 heterocycles. The number of carbonyl (C=O) groups is 2. The lowest BCUT2D eigenvalue weighted by molar-refractivity contribution is -0.139. The van der Waals surface area contributed by atoms with Gasteiger partial charge in [-0.1, -0.05) is 30.3 Å². The van der Waals surface area contributed by atoms with Gasteiger partial charge in [-0.25, -0.2) is 8.42 Å². The zero-order chi connectivity index (χ0) is 29.3. The SMILES string of the molecule is CCNC(=O)[C@@H](C)N(Cc1cccc(OC)c1)C(=O)CN(c1ccc(OC)c(OC)c1)S(=O)(=O)c1ccccc1. The fourth-order valence-electron chi connectivity index (χ4n) is 4.10. The predicted molar refractivity (Wildman–Crippen MR) is 152 cm³/mol. The van der Waals surface area contributed by atoms with E-state index >= 15 is 0 Å². The topological polar surface area (TPSA) is 114 Å². The van der Waals surface area contributed by atoms with Crippen LogP contribution in [0.25, 0.3) is 0 Å². The van der Waals surface area contributed by atoms with Gasteiger partial charge in [0.2, 0.25) is 11.8 Å². The Hall–Kier alpha value is -4.25. The zero-order valence-corrected chi connectivity index (χ0v) is 24.1. The number of nitrogens with one attached hydrogen (secondary N) is 1. The number of ether oxygens (including phenoxy) is 3. The number of hydrogen-bond acceptors (Lipinski definition) is 7. The Morgan fingerprint density at radius 3 is 2.20 bits per heavy atom. The average Bonchev–Trinajstić information content (AvgIpc) is 2.98. The second-order valence-corrected chi connectivity index (χ2v) is 10.7. The lowest BCUT2D eigenvalue weighted by Gasteiger charge is -2.32. The van der Waals surface area contributed by atoms with Crippen LogP contribution in [0.1, 0.15) is 19.4 Å². The van der Waals surface area contributed by atoms with Crippen molar-refractivity contribution in [3.8, 4) is 17.2 Å². The third kappa shape index (κ3) is 7.03. The van der Waals surface area contributed by atoms with Crippen molar-refractivity contribution in [2.24, 2.45) is 0 Å². The summed E-state index contributed by atoms with van der Waals surface area (Å²) in [6, 6.07) is 18.7. The van der Waals surface area contributed by atoms with E-state index in [1.165, 1.54) is 50.5 Å². The number of benzene rings is 3. The van der Waals surface area contributed by atoms with Gasteiger partial charge in [0.15, 0.2) is 11.5 Å². The first-order chi connectivity index (χ1) is 19.2. The second-order valence-electron chi connectivity index (χ2n) is 8.81. The van der Waals surface area contributed by atoms with Crippen LogP contribution in [0.15, 0.2) is 77.7 Å². The highest BCUT2D eigenvalue weighted by Gasteiger charge is 2.33. The number of nitrogens with zero attached hydrogens (tertiary/aromatic N) is 2. The van der Waals surface area contributed by atoms with E-state index in [1.807, 2.05) is 0 Å². The van der Waals surface area contributed by atoms with E-state index in [0.29, 0.717) is 29.4 Å². The molecule has 0 aliphatic carbocycles. The molecule has 1 N–H and O–H groups in total. The molecule has 0 aromatic heterocycles. The Morgan fingerprint density at radius 1 is 0.875 bits per heavy atom. The molecule has 0 saturated heterocycles. The lowest BCUT2D eigenvalue weighted by Crippen LogP contribution is -2.51. The van der Waals surface area contributed by atoms with Crippen LogP contribution in [0.4, 0.5) is 5.69 Å². The van der Waals surface area contributed by atoms with Gasteiger partial charge in [0.05, 0.1) is 31.9 Å². The van der Waals surface area contributed by atoms with Crippen LogP contribution in [0.3, 0.4) is 0 Å². The fraction of sp³-hybridized carbons (Fsp3) is 0.310. The summed E-state index contributed by atoms with van der Waals surface area (Å²) < 4.78 is 44.8. The highest BCUT2D eigenvalue weighted by molar-refractivity contribution is 7.92. The van der Waals surface area contributed by atoms with Crippen molar-refractivity contribution < 1.29 is 32.2 Å². The molecule has 0 bridgehead atoms. The Morgan fingerprint density at radius 2 is 1.57 bits per heavy atom. The van der Waals surface area contributed by atoms with Gasteiger partial charge in [-0.3, -0.25) is 13.9 Å². The van der Waals surface area contributed by atoms with Gasteiger partial charge >= 0.3 is 0 Å². The number of carbonyl (C=O) groups excluding carboxylic acids is 2. The molecule has 1 atom stereocenters. The molecular weight excluding hydrogens is 534 g/mol. The van der Waals surface area contributed by atoms with Gasteiger partial charge in [-0.15, -0.1) is 0 Å². The Balaban J connectivity index is 2.08. The van der Waals surface area contributed by atoms with E-state index in [-0.39, 0.29) is 23.0 Å². The quantitative estimate of drug-likeness (QED) is 0.335. The summed E-state index contributed by atoms with van der Waals surface area (Å²) in [7, 11) is 0.247. The standard InChI is InChI=1S/C29H35N3O7S/c1-6-30-29(34)21(2)31(19-22-11-10-12-24(17-22)37-3)28(33)20-32(40(35,36)25-13-8-7-9-14-25)23-15-16-26(38-4)27(18-23)39-5/h7-18,21H,6,19-20H2,1-5H3,(H,30,34)/t21-/m1/s1. The number of hydrogen-bond donors (Lipinski definition) is 1. The molecule has 10 nitrogen and oxygen atoms in total. The normalized spacial score (nSPS) is 11.7. The maximum atomic E-state index is 13.9. The van der Waals surface area contributed by atoms with Crippen molar-refractivity contribution in [3.63, 3.8) is 0 Å². The molecule has 0 radical (unpaired) electrons. The number of rotatable bonds is 13. The summed E-state index contributed by atoms with van der Waals surface area (Å²) in [5.41, 5.74) is 0.911. The van der Waals surface area contributed by atoms with Crippen LogP contribution in [0, 0.1) is 0 Å². The molecule has 3 aromatic rings. The van der Waals surface area contributed by atoms with Gasteiger partial charge in [0, 0.05) is 19.2 Å². The van der Waals surface area contributed by atoms with Crippen LogP contribution < -0.4 is 23.8 Å². The number of likely N-dealkylation sites (N-methyl/N-ethyl adjacent to an activating group) is 1. The molecule has 3 rings (SSSR count). The van der Waals surface area contributed by atoms with Crippen molar-refractivity contribution in [1.29, 1.82) is 0 Å². The Bertz CT molecular complexity index is 1410. The molecule has 0 saturated carbocycles. The predicted octanol–water partition coefficient (Wildman–Crippen LogP) is 3.46. The number of sulfonamides is 1. The molecule has 214 valence electrons. The summed E-state index contributed by atoms with van der Waals surface area (Å²) >= 11 is 0. The molecule has 0 fully saturated rings. The molecular formula is C29H35N3O7S. The minimum atomic E-state index is -4.20. The molecule has 0 aliphatic heterocycles. The van der Waals surface area contributed by atoms with Crippen molar-refractivity contribution in [2.45, 2.75) is 31.3 Å². The molecule has 3 aromatic carbocycles. The molecule has 40 heavy (non-hydrogen) atoms. The van der Waals surface area contributed by atoms with E-state index in [1.54, 1.807) is 62.4 Å². The van der Waals surface area contributed by atoms with Gasteiger partial charge in [0.25, 0.3) is 10.0 Å². The minimum absolute atomic E-state index is 0.00806. The zero-order valence-electron chi connectivity index (χ0n) is 23.3. The van der Waals surface area contributed by atoms with Gasteiger partial charge in [-0.2, -0.15) is 0 Å². The largest absolute Gasteiger partial charge is 0.497 e. The van der Waals surface area contributed by atoms with Crippen molar-refractivity contribution >= 4 is 27.5 Å². The first-order valence-electron chi connectivity index (χ1n) is 12.7. The molecule has 2 amide bonds. The van der Waals surface area contributed by atoms with Crippen LogP contribution >= 0.6 is 0 Å². The average molecular weight is 570 g/mol. The monoisotopic (exact) mass is 569 g/mol. The number of methoxy groups -OCH3 is 3. The Kier molecular flexibility index (Phi) is 10.4. The summed E-state index contributed by atoms with van der Waals surface area (Å²) in [6.07, 6.45) is 0. The van der Waals surface area contributed by atoms with Crippen molar-refractivity contribution in [3.05, 3.63) is 78.4 Å². The third-order valence-electron chi connectivity index (χ3n) is 6.27. The highest BCUT2D eigenvalue weighted by Crippen LogP contribution is 2.34. The van der Waals surface area contributed by atoms with Crippen LogP contribution in [0.2, 0.25) is 0 Å². The van der Waals surface area contributed by atoms with E-state index in [4.69, 9.17) is 14.2 Å². The number of anilines is 1. The van der Waals surface area contributed by atoms with Crippen LogP contribution in [0.5, 0.6) is 17.2 Å². The highest BCUT2D eigenvalue weighted by atomic mass is 32.2. The molecule has 0 aliphatic rings. The smallest absolute Gasteiger partial charge is 0.264 e. The Labute approximate surface area is 235 Å². The summed E-state index contributed by atoms with van der Waals surface area (Å²) in [5, 5.41) is 2.74. The maximum absolute atomic E-state index is 13.9. The molecule has 0 spiro atoms. The summed E-state index contributed by atoms with van der Waals surface area (Å²) in [6.45, 7) is 3.25. The van der Waals surface area contributed by atoms with Gasteiger partial charge in [-0.05, 0) is 55.8 Å². The minimum Gasteiger partial charge on any atom is -0.497 e. The number of amides is 2. The van der Waals surface area contributed by atoms with Gasteiger partial charge in [0.1, 0.15) is 18.3 Å². The van der Waals surface area contributed by atoms with Crippen LogP contribution in [-0.4, -0.2) is 65.6 Å². The lowest BCUT2D eigenvalue weighted by atomic mass is 10.1. The maximum Gasteiger partial charge on any atom is 0.264 e.